The summed E-state index contributed by atoms with van der Waals surface area (Å²) in [6.07, 6.45) is 3.46. The van der Waals surface area contributed by atoms with Crippen LogP contribution in [-0.2, 0) is 9.47 Å². The molecule has 2 fully saturated rings. The van der Waals surface area contributed by atoms with Crippen molar-refractivity contribution in [2.45, 2.75) is 31.4 Å². The molecular weight excluding hydrogens is 272 g/mol. The van der Waals surface area contributed by atoms with Crippen LogP contribution in [0.25, 0.3) is 0 Å². The summed E-state index contributed by atoms with van der Waals surface area (Å²) < 4.78 is 10.8. The standard InChI is InChI=1S/C13H22N6O2/c1-20-10-4-2-3-9(10)15-12-16-11(14)17-13(18-12)19-5-7-21-8-6-19/h9-10H,2-8H2,1H3,(H3,14,15,16,17,18). The van der Waals surface area contributed by atoms with E-state index in [1.54, 1.807) is 7.11 Å². The first-order valence-electron chi connectivity index (χ1n) is 7.40. The largest absolute Gasteiger partial charge is 0.379 e. The normalized spacial score (nSPS) is 26.0. The molecule has 1 aromatic heterocycles. The molecule has 2 atom stereocenters. The molecule has 0 aromatic carbocycles. The molecule has 0 radical (unpaired) electrons. The predicted molar refractivity (Wildman–Crippen MR) is 79.3 cm³/mol. The van der Waals surface area contributed by atoms with Gasteiger partial charge in [-0.15, -0.1) is 0 Å². The van der Waals surface area contributed by atoms with Crippen LogP contribution in [0, 0.1) is 0 Å². The maximum atomic E-state index is 5.82. The summed E-state index contributed by atoms with van der Waals surface area (Å²) in [7, 11) is 1.74. The zero-order chi connectivity index (χ0) is 14.7. The monoisotopic (exact) mass is 294 g/mol. The van der Waals surface area contributed by atoms with E-state index in [0.29, 0.717) is 25.1 Å². The van der Waals surface area contributed by atoms with E-state index in [1.807, 2.05) is 0 Å². The number of aromatic nitrogens is 3. The number of hydrogen-bond donors (Lipinski definition) is 2. The molecule has 1 aliphatic carbocycles. The topological polar surface area (TPSA) is 98.4 Å². The van der Waals surface area contributed by atoms with E-state index in [2.05, 4.69) is 25.2 Å². The number of nitrogens with zero attached hydrogens (tertiary/aromatic N) is 4. The van der Waals surface area contributed by atoms with Crippen molar-refractivity contribution in [3.8, 4) is 0 Å². The van der Waals surface area contributed by atoms with Gasteiger partial charge in [0, 0.05) is 20.2 Å². The Labute approximate surface area is 124 Å². The van der Waals surface area contributed by atoms with Crippen molar-refractivity contribution in [1.29, 1.82) is 0 Å². The van der Waals surface area contributed by atoms with Gasteiger partial charge in [0.1, 0.15) is 0 Å². The van der Waals surface area contributed by atoms with E-state index in [4.69, 9.17) is 15.2 Å². The third-order valence-electron chi connectivity index (χ3n) is 4.00. The van der Waals surface area contributed by atoms with Crippen LogP contribution in [0.2, 0.25) is 0 Å². The lowest BCUT2D eigenvalue weighted by molar-refractivity contribution is 0.101. The minimum atomic E-state index is 0.204. The molecule has 2 aliphatic rings. The fourth-order valence-corrected chi connectivity index (χ4v) is 2.89. The summed E-state index contributed by atoms with van der Waals surface area (Å²) in [5.41, 5.74) is 5.82. The van der Waals surface area contributed by atoms with Crippen molar-refractivity contribution in [3.05, 3.63) is 0 Å². The van der Waals surface area contributed by atoms with Gasteiger partial charge in [-0.05, 0) is 19.3 Å². The first-order valence-corrected chi connectivity index (χ1v) is 7.40. The molecule has 2 unspecified atom stereocenters. The fraction of sp³-hybridized carbons (Fsp3) is 0.769. The Morgan fingerprint density at radius 3 is 2.81 bits per heavy atom. The van der Waals surface area contributed by atoms with Crippen molar-refractivity contribution in [2.24, 2.45) is 0 Å². The van der Waals surface area contributed by atoms with Crippen LogP contribution in [0.1, 0.15) is 19.3 Å². The highest BCUT2D eigenvalue weighted by atomic mass is 16.5. The lowest BCUT2D eigenvalue weighted by Crippen LogP contribution is -2.38. The lowest BCUT2D eigenvalue weighted by Gasteiger charge is -2.27. The molecule has 21 heavy (non-hydrogen) atoms. The van der Waals surface area contributed by atoms with Crippen LogP contribution in [0.15, 0.2) is 0 Å². The van der Waals surface area contributed by atoms with Crippen LogP contribution in [-0.4, -0.2) is 60.5 Å². The molecule has 3 N–H and O–H groups in total. The number of rotatable bonds is 4. The van der Waals surface area contributed by atoms with Gasteiger partial charge in [-0.1, -0.05) is 0 Å². The molecule has 0 bridgehead atoms. The molecule has 0 spiro atoms. The highest BCUT2D eigenvalue weighted by Gasteiger charge is 2.28. The van der Waals surface area contributed by atoms with E-state index in [9.17, 15) is 0 Å². The first kappa shape index (κ1) is 14.3. The van der Waals surface area contributed by atoms with Crippen LogP contribution in [0.5, 0.6) is 0 Å². The SMILES string of the molecule is COC1CCCC1Nc1nc(N)nc(N2CCOCC2)n1. The smallest absolute Gasteiger partial charge is 0.232 e. The highest BCUT2D eigenvalue weighted by Crippen LogP contribution is 2.24. The van der Waals surface area contributed by atoms with Gasteiger partial charge in [0.15, 0.2) is 0 Å². The van der Waals surface area contributed by atoms with Gasteiger partial charge in [0.25, 0.3) is 0 Å². The summed E-state index contributed by atoms with van der Waals surface area (Å²) in [5, 5.41) is 3.34. The van der Waals surface area contributed by atoms with Crippen molar-refractivity contribution in [3.63, 3.8) is 0 Å². The van der Waals surface area contributed by atoms with Crippen molar-refractivity contribution < 1.29 is 9.47 Å². The molecule has 1 aliphatic heterocycles. The molecule has 1 saturated carbocycles. The third-order valence-corrected chi connectivity index (χ3v) is 4.00. The number of nitrogen functional groups attached to an aromatic ring is 1. The second-order valence-corrected chi connectivity index (χ2v) is 5.37. The molecular formula is C13H22N6O2. The van der Waals surface area contributed by atoms with Gasteiger partial charge in [0.05, 0.1) is 25.4 Å². The molecule has 3 rings (SSSR count). The van der Waals surface area contributed by atoms with Gasteiger partial charge >= 0.3 is 0 Å². The molecule has 1 saturated heterocycles. The van der Waals surface area contributed by atoms with Crippen LogP contribution < -0.4 is 16.0 Å². The molecule has 1 aromatic rings. The minimum absolute atomic E-state index is 0.204. The Balaban J connectivity index is 1.74. The summed E-state index contributed by atoms with van der Waals surface area (Å²) in [4.78, 5) is 15.0. The first-order chi connectivity index (χ1) is 10.3. The second kappa shape index (κ2) is 6.40. The zero-order valence-electron chi connectivity index (χ0n) is 12.3. The molecule has 0 amide bonds. The molecule has 8 nitrogen and oxygen atoms in total. The molecule has 2 heterocycles. The van der Waals surface area contributed by atoms with Crippen LogP contribution >= 0.6 is 0 Å². The number of nitrogens with one attached hydrogen (secondary N) is 1. The highest BCUT2D eigenvalue weighted by molar-refractivity contribution is 5.42. The Bertz CT molecular complexity index is 480. The number of methoxy groups -OCH3 is 1. The van der Waals surface area contributed by atoms with E-state index >= 15 is 0 Å². The number of hydrogen-bond acceptors (Lipinski definition) is 8. The van der Waals surface area contributed by atoms with E-state index < -0.39 is 0 Å². The second-order valence-electron chi connectivity index (χ2n) is 5.37. The quantitative estimate of drug-likeness (QED) is 0.816. The average molecular weight is 294 g/mol. The van der Waals surface area contributed by atoms with Gasteiger partial charge in [-0.25, -0.2) is 0 Å². The predicted octanol–water partition coefficient (Wildman–Crippen LogP) is 0.270. The van der Waals surface area contributed by atoms with Gasteiger partial charge in [-0.2, -0.15) is 15.0 Å². The summed E-state index contributed by atoms with van der Waals surface area (Å²) in [6, 6.07) is 0.231. The average Bonchev–Trinajstić information content (AvgIpc) is 2.95. The molecule has 116 valence electrons. The Kier molecular flexibility index (Phi) is 4.35. The van der Waals surface area contributed by atoms with Crippen molar-refractivity contribution in [2.75, 3.05) is 49.4 Å². The van der Waals surface area contributed by atoms with E-state index in [0.717, 1.165) is 32.4 Å². The summed E-state index contributed by atoms with van der Waals surface area (Å²) in [6.45, 7) is 2.91. The Morgan fingerprint density at radius 2 is 2.05 bits per heavy atom. The number of nitrogens with two attached hydrogens (primary N) is 1. The van der Waals surface area contributed by atoms with Crippen molar-refractivity contribution >= 4 is 17.8 Å². The van der Waals surface area contributed by atoms with E-state index in [-0.39, 0.29) is 18.1 Å². The zero-order valence-corrected chi connectivity index (χ0v) is 12.3. The van der Waals surface area contributed by atoms with E-state index in [1.165, 1.54) is 0 Å². The van der Waals surface area contributed by atoms with Crippen molar-refractivity contribution in [1.82, 2.24) is 15.0 Å². The number of morpholine rings is 1. The Hall–Kier alpha value is -1.67. The fourth-order valence-electron chi connectivity index (χ4n) is 2.89. The van der Waals surface area contributed by atoms with Crippen LogP contribution in [0.3, 0.4) is 0 Å². The summed E-state index contributed by atoms with van der Waals surface area (Å²) in [5.74, 6) is 1.37. The number of ether oxygens (including phenoxy) is 2. The number of anilines is 3. The van der Waals surface area contributed by atoms with Gasteiger partial charge < -0.3 is 25.4 Å². The summed E-state index contributed by atoms with van der Waals surface area (Å²) >= 11 is 0. The lowest BCUT2D eigenvalue weighted by atomic mass is 10.2. The Morgan fingerprint density at radius 1 is 1.24 bits per heavy atom. The van der Waals surface area contributed by atoms with Gasteiger partial charge in [0.2, 0.25) is 17.8 Å². The minimum Gasteiger partial charge on any atom is -0.379 e. The maximum absolute atomic E-state index is 5.82. The third kappa shape index (κ3) is 3.33. The van der Waals surface area contributed by atoms with Crippen LogP contribution in [0.4, 0.5) is 17.8 Å². The van der Waals surface area contributed by atoms with Gasteiger partial charge in [-0.3, -0.25) is 0 Å². The molecule has 8 heteroatoms. The maximum Gasteiger partial charge on any atom is 0.232 e.